The van der Waals surface area contributed by atoms with Crippen LogP contribution in [0.2, 0.25) is 0 Å². The number of ether oxygens (including phenoxy) is 1. The molecule has 6 nitrogen and oxygen atoms in total. The summed E-state index contributed by atoms with van der Waals surface area (Å²) >= 11 is 0. The van der Waals surface area contributed by atoms with Crippen molar-refractivity contribution in [3.8, 4) is 22.3 Å². The number of carbonyl (C=O) groups is 1. The van der Waals surface area contributed by atoms with Gasteiger partial charge in [-0.1, -0.05) is 43.0 Å². The highest BCUT2D eigenvalue weighted by Crippen LogP contribution is 2.30. The van der Waals surface area contributed by atoms with E-state index in [1.165, 1.54) is 0 Å². The van der Waals surface area contributed by atoms with E-state index in [1.807, 2.05) is 18.2 Å². The Labute approximate surface area is 175 Å². The van der Waals surface area contributed by atoms with E-state index in [-0.39, 0.29) is 0 Å². The quantitative estimate of drug-likeness (QED) is 0.684. The molecule has 6 heteroatoms. The molecule has 1 aliphatic heterocycles. The first-order valence-electron chi connectivity index (χ1n) is 9.81. The van der Waals surface area contributed by atoms with Gasteiger partial charge in [0.1, 0.15) is 5.82 Å². The fraction of sp³-hybridized carbons (Fsp3) is 0.167. The highest BCUT2D eigenvalue weighted by atomic mass is 16.5. The van der Waals surface area contributed by atoms with Gasteiger partial charge in [-0.25, -0.2) is 4.98 Å². The Balaban J connectivity index is 1.59. The van der Waals surface area contributed by atoms with E-state index in [2.05, 4.69) is 40.7 Å². The summed E-state index contributed by atoms with van der Waals surface area (Å²) in [6.45, 7) is 7.43. The molecule has 4 N–H and O–H groups in total. The number of primary amides is 1. The molecular weight excluding hydrogens is 376 g/mol. The topological polar surface area (TPSA) is 94.5 Å². The molecule has 0 radical (unpaired) electrons. The van der Waals surface area contributed by atoms with Crippen LogP contribution in [0.5, 0.6) is 0 Å². The third-order valence-electron chi connectivity index (χ3n) is 5.34. The van der Waals surface area contributed by atoms with Crippen LogP contribution < -0.4 is 11.5 Å². The van der Waals surface area contributed by atoms with Gasteiger partial charge < -0.3 is 21.1 Å². The minimum atomic E-state index is -0.458. The number of benzene rings is 2. The number of hydrogen-bond donors (Lipinski definition) is 2. The van der Waals surface area contributed by atoms with Crippen molar-refractivity contribution in [3.05, 3.63) is 78.5 Å². The predicted octanol–water partition coefficient (Wildman–Crippen LogP) is 3.40. The van der Waals surface area contributed by atoms with Crippen LogP contribution in [0.3, 0.4) is 0 Å². The maximum atomic E-state index is 11.3. The van der Waals surface area contributed by atoms with Crippen molar-refractivity contribution in [2.45, 2.75) is 0 Å². The van der Waals surface area contributed by atoms with Crippen molar-refractivity contribution in [1.82, 2.24) is 9.88 Å². The van der Waals surface area contributed by atoms with Gasteiger partial charge in [0, 0.05) is 41.7 Å². The summed E-state index contributed by atoms with van der Waals surface area (Å²) in [6.07, 6.45) is 1.77. The van der Waals surface area contributed by atoms with E-state index < -0.39 is 5.91 Å². The number of aromatic nitrogens is 1. The maximum absolute atomic E-state index is 11.3. The Kier molecular flexibility index (Phi) is 5.50. The predicted molar refractivity (Wildman–Crippen MR) is 119 cm³/mol. The van der Waals surface area contributed by atoms with Crippen molar-refractivity contribution < 1.29 is 9.53 Å². The fourth-order valence-electron chi connectivity index (χ4n) is 3.55. The number of nitrogens with two attached hydrogens (primary N) is 2. The molecule has 152 valence electrons. The van der Waals surface area contributed by atoms with Gasteiger partial charge in [-0.05, 0) is 34.9 Å². The largest absolute Gasteiger partial charge is 0.383 e. The first-order chi connectivity index (χ1) is 14.5. The summed E-state index contributed by atoms with van der Waals surface area (Å²) in [4.78, 5) is 17.9. The van der Waals surface area contributed by atoms with Crippen molar-refractivity contribution >= 4 is 17.4 Å². The van der Waals surface area contributed by atoms with Gasteiger partial charge >= 0.3 is 0 Å². The third-order valence-corrected chi connectivity index (χ3v) is 5.34. The smallest absolute Gasteiger partial charge is 0.248 e. The first kappa shape index (κ1) is 19.7. The molecule has 1 aromatic heterocycles. The van der Waals surface area contributed by atoms with Crippen molar-refractivity contribution in [1.29, 1.82) is 0 Å². The van der Waals surface area contributed by atoms with Gasteiger partial charge in [0.15, 0.2) is 0 Å². The minimum absolute atomic E-state index is 0.433. The number of carbonyl (C=O) groups excluding carboxylic acids is 1. The molecule has 1 saturated heterocycles. The molecule has 2 aromatic carbocycles. The molecule has 1 fully saturated rings. The summed E-state index contributed by atoms with van der Waals surface area (Å²) in [5.74, 6) is -0.0250. The molecule has 0 unspecified atom stereocenters. The fourth-order valence-corrected chi connectivity index (χ4v) is 3.55. The van der Waals surface area contributed by atoms with Crippen LogP contribution in [-0.4, -0.2) is 42.1 Å². The van der Waals surface area contributed by atoms with E-state index in [4.69, 9.17) is 16.2 Å². The van der Waals surface area contributed by atoms with Gasteiger partial charge in [0.2, 0.25) is 5.91 Å². The van der Waals surface area contributed by atoms with Crippen LogP contribution in [0, 0.1) is 0 Å². The second-order valence-corrected chi connectivity index (χ2v) is 7.22. The standard InChI is InChI=1S/C24H24N4O2/c1-16(28-10-12-30-13-11-28)17-2-4-18(5-3-17)21-14-22(23(25)27-15-21)19-6-8-20(9-7-19)24(26)29/h2-9,14-15H,1,10-13H2,(H2,25,27)(H2,26,29). The highest BCUT2D eigenvalue weighted by molar-refractivity contribution is 5.93. The molecular formula is C24H24N4O2. The van der Waals surface area contributed by atoms with E-state index in [9.17, 15) is 4.79 Å². The summed E-state index contributed by atoms with van der Waals surface area (Å²) < 4.78 is 5.42. The lowest BCUT2D eigenvalue weighted by atomic mass is 9.99. The number of hydrogen-bond acceptors (Lipinski definition) is 5. The molecule has 0 aliphatic carbocycles. The molecule has 30 heavy (non-hydrogen) atoms. The number of rotatable bonds is 5. The van der Waals surface area contributed by atoms with Gasteiger partial charge in [0.05, 0.1) is 13.2 Å². The summed E-state index contributed by atoms with van der Waals surface area (Å²) in [6, 6.07) is 17.3. The first-order valence-corrected chi connectivity index (χ1v) is 9.81. The van der Waals surface area contributed by atoms with E-state index in [0.29, 0.717) is 11.4 Å². The van der Waals surface area contributed by atoms with Crippen LogP contribution in [0.1, 0.15) is 15.9 Å². The lowest BCUT2D eigenvalue weighted by molar-refractivity contribution is 0.0641. The highest BCUT2D eigenvalue weighted by Gasteiger charge is 2.14. The third kappa shape index (κ3) is 4.04. The zero-order chi connectivity index (χ0) is 21.1. The van der Waals surface area contributed by atoms with Gasteiger partial charge in [-0.15, -0.1) is 0 Å². The van der Waals surface area contributed by atoms with Crippen LogP contribution in [0.25, 0.3) is 28.0 Å². The van der Waals surface area contributed by atoms with E-state index in [0.717, 1.165) is 59.8 Å². The second kappa shape index (κ2) is 8.39. The number of nitrogen functional groups attached to an aromatic ring is 1. The second-order valence-electron chi connectivity index (χ2n) is 7.22. The van der Waals surface area contributed by atoms with Gasteiger partial charge in [-0.2, -0.15) is 0 Å². The van der Waals surface area contributed by atoms with Crippen molar-refractivity contribution in [3.63, 3.8) is 0 Å². The Morgan fingerprint density at radius 3 is 2.17 bits per heavy atom. The molecule has 0 atom stereocenters. The molecule has 0 spiro atoms. The number of anilines is 1. The zero-order valence-electron chi connectivity index (χ0n) is 16.7. The Bertz CT molecular complexity index is 1070. The summed E-state index contributed by atoms with van der Waals surface area (Å²) in [5.41, 5.74) is 17.7. The van der Waals surface area contributed by atoms with E-state index in [1.54, 1.807) is 18.3 Å². The number of morpholine rings is 1. The van der Waals surface area contributed by atoms with Crippen LogP contribution >= 0.6 is 0 Å². The summed E-state index contributed by atoms with van der Waals surface area (Å²) in [7, 11) is 0. The lowest BCUT2D eigenvalue weighted by Crippen LogP contribution is -2.34. The van der Waals surface area contributed by atoms with Crippen LogP contribution in [-0.2, 0) is 4.74 Å². The molecule has 4 rings (SSSR count). The Morgan fingerprint density at radius 1 is 0.933 bits per heavy atom. The van der Waals surface area contributed by atoms with Crippen molar-refractivity contribution in [2.75, 3.05) is 32.0 Å². The molecule has 0 bridgehead atoms. The molecule has 1 aliphatic rings. The molecule has 3 aromatic rings. The zero-order valence-corrected chi connectivity index (χ0v) is 16.7. The van der Waals surface area contributed by atoms with Gasteiger partial charge in [0.25, 0.3) is 0 Å². The number of pyridine rings is 1. The Hall–Kier alpha value is -3.64. The number of nitrogens with zero attached hydrogens (tertiary/aromatic N) is 2. The normalized spacial score (nSPS) is 13.8. The lowest BCUT2D eigenvalue weighted by Gasteiger charge is -2.30. The average Bonchev–Trinajstić information content (AvgIpc) is 2.80. The van der Waals surface area contributed by atoms with Gasteiger partial charge in [-0.3, -0.25) is 4.79 Å². The van der Waals surface area contributed by atoms with Crippen LogP contribution in [0.4, 0.5) is 5.82 Å². The summed E-state index contributed by atoms with van der Waals surface area (Å²) in [5, 5.41) is 0. The van der Waals surface area contributed by atoms with E-state index >= 15 is 0 Å². The van der Waals surface area contributed by atoms with Crippen molar-refractivity contribution in [2.24, 2.45) is 5.73 Å². The Morgan fingerprint density at radius 2 is 1.53 bits per heavy atom. The molecule has 2 heterocycles. The molecule has 1 amide bonds. The average molecular weight is 400 g/mol. The maximum Gasteiger partial charge on any atom is 0.248 e. The monoisotopic (exact) mass is 400 g/mol. The SMILES string of the molecule is C=C(c1ccc(-c2cnc(N)c(-c3ccc(C(N)=O)cc3)c2)cc1)N1CCOCC1. The molecule has 0 saturated carbocycles. The number of amides is 1. The minimum Gasteiger partial charge on any atom is -0.383 e. The van der Waals surface area contributed by atoms with Crippen LogP contribution in [0.15, 0.2) is 67.4 Å².